The van der Waals surface area contributed by atoms with E-state index in [1.807, 2.05) is 0 Å². The number of aliphatic hydroxyl groups excluding tert-OH is 1. The predicted molar refractivity (Wildman–Crippen MR) is 53.4 cm³/mol. The third-order valence-electron chi connectivity index (χ3n) is 2.24. The third-order valence-corrected chi connectivity index (χ3v) is 2.24. The van der Waals surface area contributed by atoms with Crippen LogP contribution in [-0.4, -0.2) is 46.8 Å². The van der Waals surface area contributed by atoms with Crippen LogP contribution in [0.4, 0.5) is 13.6 Å². The summed E-state index contributed by atoms with van der Waals surface area (Å²) in [6.45, 7) is 4.89. The van der Waals surface area contributed by atoms with Crippen molar-refractivity contribution in [1.82, 2.24) is 4.90 Å². The topological polar surface area (TPSA) is 49.8 Å². The second-order valence-corrected chi connectivity index (χ2v) is 4.92. The first-order valence-corrected chi connectivity index (χ1v) is 5.16. The molecular weight excluding hydrogens is 220 g/mol. The lowest BCUT2D eigenvalue weighted by atomic mass is 10.2. The largest absolute Gasteiger partial charge is 0.444 e. The van der Waals surface area contributed by atoms with Crippen LogP contribution in [0.3, 0.4) is 0 Å². The molecule has 1 aliphatic rings. The van der Waals surface area contributed by atoms with Gasteiger partial charge in [0.05, 0.1) is 18.7 Å². The van der Waals surface area contributed by atoms with E-state index >= 15 is 0 Å². The first kappa shape index (κ1) is 13.2. The molecule has 0 radical (unpaired) electrons. The Hall–Kier alpha value is -0.910. The van der Waals surface area contributed by atoms with E-state index in [1.54, 1.807) is 20.8 Å². The number of likely N-dealkylation sites (tertiary alicyclic amines) is 1. The van der Waals surface area contributed by atoms with Crippen LogP contribution < -0.4 is 0 Å². The number of carbonyl (C=O) groups excluding carboxylic acids is 1. The number of aliphatic hydroxyl groups is 1. The molecule has 94 valence electrons. The second kappa shape index (κ2) is 4.53. The average Bonchev–Trinajstić information content (AvgIpc) is 2.44. The van der Waals surface area contributed by atoms with Crippen LogP contribution in [-0.2, 0) is 4.74 Å². The molecule has 16 heavy (non-hydrogen) atoms. The van der Waals surface area contributed by atoms with Gasteiger partial charge < -0.3 is 9.84 Å². The van der Waals surface area contributed by atoms with Gasteiger partial charge in [0.1, 0.15) is 5.60 Å². The first-order chi connectivity index (χ1) is 7.20. The van der Waals surface area contributed by atoms with Crippen LogP contribution in [0.5, 0.6) is 0 Å². The summed E-state index contributed by atoms with van der Waals surface area (Å²) in [5.74, 6) is 0. The van der Waals surface area contributed by atoms with Gasteiger partial charge in [-0.3, -0.25) is 4.90 Å². The van der Waals surface area contributed by atoms with Gasteiger partial charge >= 0.3 is 6.09 Å². The molecule has 6 heteroatoms. The minimum atomic E-state index is -2.66. The van der Waals surface area contributed by atoms with Gasteiger partial charge in [-0.05, 0) is 20.8 Å². The van der Waals surface area contributed by atoms with E-state index in [1.165, 1.54) is 0 Å². The fourth-order valence-electron chi connectivity index (χ4n) is 1.61. The van der Waals surface area contributed by atoms with Crippen LogP contribution in [0.2, 0.25) is 0 Å². The van der Waals surface area contributed by atoms with E-state index in [2.05, 4.69) is 0 Å². The Morgan fingerprint density at radius 1 is 1.50 bits per heavy atom. The summed E-state index contributed by atoms with van der Waals surface area (Å²) in [4.78, 5) is 12.5. The Morgan fingerprint density at radius 3 is 2.50 bits per heavy atom. The molecule has 1 rings (SSSR count). The van der Waals surface area contributed by atoms with Crippen LogP contribution >= 0.6 is 0 Å². The molecule has 0 spiro atoms. The fourth-order valence-corrected chi connectivity index (χ4v) is 1.61. The highest BCUT2D eigenvalue weighted by Gasteiger charge is 2.41. The van der Waals surface area contributed by atoms with E-state index in [0.717, 1.165) is 4.90 Å². The van der Waals surface area contributed by atoms with Crippen LogP contribution in [0.1, 0.15) is 27.2 Å². The van der Waals surface area contributed by atoms with E-state index in [-0.39, 0.29) is 13.0 Å². The Labute approximate surface area is 93.2 Å². The molecule has 2 atom stereocenters. The summed E-state index contributed by atoms with van der Waals surface area (Å²) in [6.07, 6.45) is -4.46. The summed E-state index contributed by atoms with van der Waals surface area (Å²) in [5, 5.41) is 9.28. The van der Waals surface area contributed by atoms with E-state index in [0.29, 0.717) is 0 Å². The number of β-amino-alcohol motifs (C(OH)–C–C–N with tert-alkyl or cyclic N) is 1. The maximum Gasteiger partial charge on any atom is 0.410 e. The SMILES string of the molecule is CC(C)(C)OC(=O)N1C[C@@H](O)C[C@H]1C(F)F. The fraction of sp³-hybridized carbons (Fsp3) is 0.900. The van der Waals surface area contributed by atoms with Crippen LogP contribution in [0.25, 0.3) is 0 Å². The highest BCUT2D eigenvalue weighted by atomic mass is 19.3. The average molecular weight is 237 g/mol. The van der Waals surface area contributed by atoms with Gasteiger partial charge in [-0.15, -0.1) is 0 Å². The zero-order valence-corrected chi connectivity index (χ0v) is 9.61. The summed E-state index contributed by atoms with van der Waals surface area (Å²) < 4.78 is 30.2. The van der Waals surface area contributed by atoms with Gasteiger partial charge in [0, 0.05) is 6.42 Å². The number of hydrogen-bond donors (Lipinski definition) is 1. The van der Waals surface area contributed by atoms with Gasteiger partial charge in [-0.25, -0.2) is 13.6 Å². The lowest BCUT2D eigenvalue weighted by Gasteiger charge is -2.27. The molecule has 1 N–H and O–H groups in total. The molecule has 1 saturated heterocycles. The van der Waals surface area contributed by atoms with Crippen molar-refractivity contribution in [3.8, 4) is 0 Å². The smallest absolute Gasteiger partial charge is 0.410 e. The number of rotatable bonds is 1. The standard InChI is InChI=1S/C10H17F2NO3/c1-10(2,3)16-9(15)13-5-6(14)4-7(13)8(11)12/h6-8,14H,4-5H2,1-3H3/t6-,7-/m0/s1. The molecule has 1 amide bonds. The molecule has 0 unspecified atom stereocenters. The minimum absolute atomic E-state index is 0.0933. The summed E-state index contributed by atoms with van der Waals surface area (Å²) in [5.41, 5.74) is -0.725. The number of hydrogen-bond acceptors (Lipinski definition) is 3. The van der Waals surface area contributed by atoms with Gasteiger partial charge in [0.15, 0.2) is 0 Å². The van der Waals surface area contributed by atoms with Crippen molar-refractivity contribution in [3.05, 3.63) is 0 Å². The molecule has 4 nitrogen and oxygen atoms in total. The van der Waals surface area contributed by atoms with Crippen molar-refractivity contribution in [2.45, 2.75) is 51.4 Å². The van der Waals surface area contributed by atoms with Gasteiger partial charge in [0.2, 0.25) is 0 Å². The number of nitrogens with zero attached hydrogens (tertiary/aromatic N) is 1. The number of ether oxygens (including phenoxy) is 1. The Bertz CT molecular complexity index is 265. The lowest BCUT2D eigenvalue weighted by molar-refractivity contribution is -0.00250. The van der Waals surface area contributed by atoms with Crippen LogP contribution in [0, 0.1) is 0 Å². The van der Waals surface area contributed by atoms with Crippen LogP contribution in [0.15, 0.2) is 0 Å². The summed E-state index contributed by atoms with van der Waals surface area (Å²) in [6, 6.07) is -1.25. The van der Waals surface area contributed by atoms with Gasteiger partial charge in [0.25, 0.3) is 6.43 Å². The molecule has 0 aromatic heterocycles. The number of carbonyl (C=O) groups is 1. The van der Waals surface area contributed by atoms with E-state index in [4.69, 9.17) is 4.74 Å². The molecule has 0 aromatic rings. The molecule has 1 fully saturated rings. The first-order valence-electron chi connectivity index (χ1n) is 5.16. The van der Waals surface area contributed by atoms with Crippen molar-refractivity contribution in [1.29, 1.82) is 0 Å². The Morgan fingerprint density at radius 2 is 2.06 bits per heavy atom. The summed E-state index contributed by atoms with van der Waals surface area (Å²) in [7, 11) is 0. The quantitative estimate of drug-likeness (QED) is 0.754. The van der Waals surface area contributed by atoms with Crippen molar-refractivity contribution in [2.24, 2.45) is 0 Å². The van der Waals surface area contributed by atoms with Crippen molar-refractivity contribution < 1.29 is 23.4 Å². The Balaban J connectivity index is 2.67. The highest BCUT2D eigenvalue weighted by Crippen LogP contribution is 2.25. The van der Waals surface area contributed by atoms with Crippen molar-refractivity contribution >= 4 is 6.09 Å². The molecular formula is C10H17F2NO3. The summed E-state index contributed by atoms with van der Waals surface area (Å²) >= 11 is 0. The predicted octanol–water partition coefficient (Wildman–Crippen LogP) is 1.62. The van der Waals surface area contributed by atoms with Gasteiger partial charge in [-0.1, -0.05) is 0 Å². The second-order valence-electron chi connectivity index (χ2n) is 4.92. The van der Waals surface area contributed by atoms with Crippen molar-refractivity contribution in [2.75, 3.05) is 6.54 Å². The Kier molecular flexibility index (Phi) is 3.72. The molecule has 1 aliphatic heterocycles. The number of amides is 1. The maximum atomic E-state index is 12.6. The molecule has 1 heterocycles. The van der Waals surface area contributed by atoms with E-state index < -0.39 is 30.3 Å². The normalized spacial score (nSPS) is 26.3. The molecule has 0 saturated carbocycles. The molecule has 0 aromatic carbocycles. The van der Waals surface area contributed by atoms with Gasteiger partial charge in [-0.2, -0.15) is 0 Å². The molecule has 0 bridgehead atoms. The van der Waals surface area contributed by atoms with E-state index in [9.17, 15) is 18.7 Å². The maximum absolute atomic E-state index is 12.6. The minimum Gasteiger partial charge on any atom is -0.444 e. The number of alkyl halides is 2. The lowest BCUT2D eigenvalue weighted by Crippen LogP contribution is -2.43. The monoisotopic (exact) mass is 237 g/mol. The highest BCUT2D eigenvalue weighted by molar-refractivity contribution is 5.69. The number of halogens is 2. The zero-order chi connectivity index (χ0) is 12.5. The van der Waals surface area contributed by atoms with Crippen molar-refractivity contribution in [3.63, 3.8) is 0 Å². The molecule has 0 aliphatic carbocycles. The third kappa shape index (κ3) is 3.30. The zero-order valence-electron chi connectivity index (χ0n) is 9.61.